The highest BCUT2D eigenvalue weighted by Gasteiger charge is 2.33. The number of nitrogens with one attached hydrogen (secondary N) is 2. The summed E-state index contributed by atoms with van der Waals surface area (Å²) in [7, 11) is 0.349. The molecular weight excluding hydrogens is 333 g/mol. The lowest BCUT2D eigenvalue weighted by Crippen LogP contribution is -2.38. The van der Waals surface area contributed by atoms with Crippen molar-refractivity contribution in [1.82, 2.24) is 10.6 Å². The number of amides is 1. The molecule has 1 amide bonds. The van der Waals surface area contributed by atoms with E-state index in [1.807, 2.05) is 26.1 Å². The summed E-state index contributed by atoms with van der Waals surface area (Å²) in [5.74, 6) is 1.65. The van der Waals surface area contributed by atoms with Crippen molar-refractivity contribution in [2.24, 2.45) is 4.99 Å². The number of rotatable bonds is 4. The van der Waals surface area contributed by atoms with Gasteiger partial charge in [0, 0.05) is 18.4 Å². The van der Waals surface area contributed by atoms with Crippen LogP contribution in [0.5, 0.6) is 5.75 Å². The van der Waals surface area contributed by atoms with E-state index in [1.165, 1.54) is 24.0 Å². The second-order valence-electron chi connectivity index (χ2n) is 6.84. The summed E-state index contributed by atoms with van der Waals surface area (Å²) < 4.78 is 6.09. The van der Waals surface area contributed by atoms with Gasteiger partial charge in [0.15, 0.2) is 0 Å². The van der Waals surface area contributed by atoms with Crippen molar-refractivity contribution < 1.29 is 9.53 Å². The molecule has 1 aliphatic carbocycles. The van der Waals surface area contributed by atoms with Crippen LogP contribution in [0.15, 0.2) is 46.7 Å². The van der Waals surface area contributed by atoms with E-state index in [0.717, 1.165) is 23.5 Å². The quantitative estimate of drug-likeness (QED) is 0.817. The third kappa shape index (κ3) is 3.34. The molecule has 0 radical (unpaired) electrons. The van der Waals surface area contributed by atoms with Gasteiger partial charge in [-0.15, -0.1) is 0 Å². The van der Waals surface area contributed by atoms with Crippen molar-refractivity contribution in [3.05, 3.63) is 52.8 Å². The van der Waals surface area contributed by atoms with Crippen LogP contribution in [0, 0.1) is 0 Å². The molecule has 2 aliphatic heterocycles. The predicted molar refractivity (Wildman–Crippen MR) is 101 cm³/mol. The van der Waals surface area contributed by atoms with Crippen LogP contribution in [0.1, 0.15) is 31.4 Å². The molecular formula is C19H22N3O2P. The molecule has 2 N–H and O–H groups in total. The minimum absolute atomic E-state index is 0.0341. The third-order valence-electron chi connectivity index (χ3n) is 4.54. The summed E-state index contributed by atoms with van der Waals surface area (Å²) in [4.78, 5) is 16.7. The van der Waals surface area contributed by atoms with Crippen LogP contribution >= 0.6 is 8.58 Å². The fourth-order valence-corrected chi connectivity index (χ4v) is 4.63. The first-order valence-corrected chi connectivity index (χ1v) is 9.79. The lowest BCUT2D eigenvalue weighted by Gasteiger charge is -2.24. The molecule has 0 saturated carbocycles. The van der Waals surface area contributed by atoms with Crippen LogP contribution in [0.25, 0.3) is 0 Å². The van der Waals surface area contributed by atoms with Crippen molar-refractivity contribution in [3.8, 4) is 5.75 Å². The minimum atomic E-state index is -0.0492. The number of amidine groups is 1. The maximum Gasteiger partial charge on any atom is 0.250 e. The Balaban J connectivity index is 1.46. The lowest BCUT2D eigenvalue weighted by molar-refractivity contribution is -0.117. The predicted octanol–water partition coefficient (Wildman–Crippen LogP) is 2.82. The van der Waals surface area contributed by atoms with Crippen LogP contribution in [-0.4, -0.2) is 23.4 Å². The van der Waals surface area contributed by atoms with Crippen molar-refractivity contribution in [2.75, 3.05) is 0 Å². The highest BCUT2D eigenvalue weighted by atomic mass is 31.1. The van der Waals surface area contributed by atoms with Gasteiger partial charge in [-0.25, -0.2) is 4.99 Å². The first kappa shape index (κ1) is 16.3. The van der Waals surface area contributed by atoms with Gasteiger partial charge in [0.25, 0.3) is 0 Å². The molecule has 5 nitrogen and oxygen atoms in total. The van der Waals surface area contributed by atoms with Gasteiger partial charge in [-0.05, 0) is 65.0 Å². The summed E-state index contributed by atoms with van der Waals surface area (Å²) in [5, 5.41) is 6.13. The summed E-state index contributed by atoms with van der Waals surface area (Å²) >= 11 is 0. The number of benzene rings is 1. The van der Waals surface area contributed by atoms with Gasteiger partial charge < -0.3 is 15.4 Å². The zero-order valence-corrected chi connectivity index (χ0v) is 15.4. The fourth-order valence-electron chi connectivity index (χ4n) is 3.36. The first-order valence-electron chi connectivity index (χ1n) is 8.71. The average molecular weight is 355 g/mol. The Morgan fingerprint density at radius 2 is 2.20 bits per heavy atom. The van der Waals surface area contributed by atoms with Crippen molar-refractivity contribution in [1.29, 1.82) is 0 Å². The van der Waals surface area contributed by atoms with E-state index in [-0.39, 0.29) is 17.6 Å². The number of carbonyl (C=O) groups is 1. The molecule has 6 heteroatoms. The van der Waals surface area contributed by atoms with E-state index in [0.29, 0.717) is 14.2 Å². The number of hydrogen-bond acceptors (Lipinski definition) is 4. The molecule has 1 aromatic carbocycles. The number of hydrogen-bond donors (Lipinski definition) is 2. The Bertz CT molecular complexity index is 811. The summed E-state index contributed by atoms with van der Waals surface area (Å²) in [6.07, 6.45) is 7.06. The van der Waals surface area contributed by atoms with Gasteiger partial charge in [-0.3, -0.25) is 4.79 Å². The van der Waals surface area contributed by atoms with E-state index in [1.54, 1.807) is 6.20 Å². The molecule has 0 aromatic heterocycles. The molecule has 0 saturated heterocycles. The molecule has 130 valence electrons. The molecule has 2 atom stereocenters. The average Bonchev–Trinajstić information content (AvgIpc) is 3.19. The Hall–Kier alpha value is -2.13. The van der Waals surface area contributed by atoms with Gasteiger partial charge in [0.1, 0.15) is 17.1 Å². The lowest BCUT2D eigenvalue weighted by atomic mass is 10.1. The Morgan fingerprint density at radius 3 is 3.04 bits per heavy atom. The topological polar surface area (TPSA) is 62.7 Å². The van der Waals surface area contributed by atoms with Gasteiger partial charge in [0.2, 0.25) is 5.91 Å². The van der Waals surface area contributed by atoms with Crippen LogP contribution in [-0.2, 0) is 17.6 Å². The largest absolute Gasteiger partial charge is 0.456 e. The van der Waals surface area contributed by atoms with E-state index in [2.05, 4.69) is 27.8 Å². The number of fused-ring (bicyclic) bond motifs is 2. The van der Waals surface area contributed by atoms with Crippen LogP contribution in [0.3, 0.4) is 0 Å². The maximum atomic E-state index is 12.4. The highest BCUT2D eigenvalue weighted by molar-refractivity contribution is 7.45. The summed E-state index contributed by atoms with van der Waals surface area (Å²) in [6.45, 7) is 3.91. The molecule has 0 bridgehead atoms. The van der Waals surface area contributed by atoms with Crippen LogP contribution in [0.2, 0.25) is 0 Å². The number of aryl methyl sites for hydroxylation is 2. The molecule has 2 heterocycles. The van der Waals surface area contributed by atoms with Crippen molar-refractivity contribution >= 4 is 20.3 Å². The minimum Gasteiger partial charge on any atom is -0.456 e. The number of nitrogens with zero attached hydrogens (tertiary/aromatic N) is 1. The van der Waals surface area contributed by atoms with Crippen LogP contribution < -0.4 is 15.4 Å². The van der Waals surface area contributed by atoms with Crippen molar-refractivity contribution in [2.45, 2.75) is 44.8 Å². The number of carbonyl (C=O) groups excluding carboxylic acids is 1. The third-order valence-corrected chi connectivity index (χ3v) is 5.95. The standard InChI is InChI=1S/C19H22N3O2P/c1-11(2)22-19(23)15-9-20-18-17(15)25-16(10-21-18)24-14-7-6-12-4-3-5-13(12)8-14/h6-11,17,25H,3-5H2,1-2H3,(H,20,21)(H,22,23). The molecule has 0 fully saturated rings. The van der Waals surface area contributed by atoms with E-state index < -0.39 is 0 Å². The van der Waals surface area contributed by atoms with E-state index in [9.17, 15) is 4.79 Å². The van der Waals surface area contributed by atoms with Crippen molar-refractivity contribution in [3.63, 3.8) is 0 Å². The SMILES string of the molecule is CC(C)NC(=O)C1=CN=C2NC=C(Oc3ccc4c(c3)CCC4)PC12. The molecule has 1 aromatic rings. The smallest absolute Gasteiger partial charge is 0.250 e. The van der Waals surface area contributed by atoms with Gasteiger partial charge >= 0.3 is 0 Å². The monoisotopic (exact) mass is 355 g/mol. The Kier molecular flexibility index (Phi) is 4.34. The van der Waals surface area contributed by atoms with Gasteiger partial charge in [-0.1, -0.05) is 6.07 Å². The second-order valence-corrected chi connectivity index (χ2v) is 8.20. The number of ether oxygens (including phenoxy) is 1. The maximum absolute atomic E-state index is 12.4. The molecule has 3 aliphatic rings. The summed E-state index contributed by atoms with van der Waals surface area (Å²) in [5.41, 5.74) is 4.36. The van der Waals surface area contributed by atoms with E-state index >= 15 is 0 Å². The Labute approximate surface area is 149 Å². The second kappa shape index (κ2) is 6.64. The molecule has 4 rings (SSSR count). The van der Waals surface area contributed by atoms with Gasteiger partial charge in [0.05, 0.1) is 11.2 Å². The Morgan fingerprint density at radius 1 is 1.36 bits per heavy atom. The molecule has 25 heavy (non-hydrogen) atoms. The highest BCUT2D eigenvalue weighted by Crippen LogP contribution is 2.40. The van der Waals surface area contributed by atoms with Crippen LogP contribution in [0.4, 0.5) is 0 Å². The zero-order valence-electron chi connectivity index (χ0n) is 14.4. The van der Waals surface area contributed by atoms with E-state index in [4.69, 9.17) is 4.74 Å². The summed E-state index contributed by atoms with van der Waals surface area (Å²) in [6, 6.07) is 6.46. The molecule has 0 spiro atoms. The zero-order chi connectivity index (χ0) is 17.4. The van der Waals surface area contributed by atoms with Gasteiger partial charge in [-0.2, -0.15) is 0 Å². The normalized spacial score (nSPS) is 21.9. The fraction of sp³-hybridized carbons (Fsp3) is 0.368. The number of aliphatic imine (C=N–C) groups is 1. The molecule has 2 unspecified atom stereocenters. The first-order chi connectivity index (χ1) is 12.1.